The first-order valence-electron chi connectivity index (χ1n) is 8.11. The van der Waals surface area contributed by atoms with Gasteiger partial charge in [0.05, 0.1) is 17.5 Å². The number of ether oxygens (including phenoxy) is 1. The summed E-state index contributed by atoms with van der Waals surface area (Å²) in [6.07, 6.45) is 1.25. The number of rotatable bonds is 6. The maximum atomic E-state index is 12.2. The number of piperidine rings is 1. The number of thiophene rings is 1. The van der Waals surface area contributed by atoms with Crippen LogP contribution in [0.25, 0.3) is 0 Å². The van der Waals surface area contributed by atoms with Crippen LogP contribution < -0.4 is 5.32 Å². The monoisotopic (exact) mass is 373 g/mol. The first-order chi connectivity index (χ1) is 11.5. The summed E-state index contributed by atoms with van der Waals surface area (Å²) in [7, 11) is 1.91. The van der Waals surface area contributed by atoms with Crippen LogP contribution >= 0.6 is 22.9 Å². The van der Waals surface area contributed by atoms with Crippen LogP contribution in [0.3, 0.4) is 0 Å². The van der Waals surface area contributed by atoms with E-state index >= 15 is 0 Å². The molecule has 0 aromatic carbocycles. The van der Waals surface area contributed by atoms with Crippen LogP contribution in [0.15, 0.2) is 12.1 Å². The van der Waals surface area contributed by atoms with Crippen LogP contribution in [0, 0.1) is 0 Å². The molecule has 0 bridgehead atoms. The molecule has 0 unspecified atom stereocenters. The molecule has 2 rings (SSSR count). The summed E-state index contributed by atoms with van der Waals surface area (Å²) in [6, 6.07) is 3.96. The maximum absolute atomic E-state index is 12.2. The first kappa shape index (κ1) is 19.0. The summed E-state index contributed by atoms with van der Waals surface area (Å²) in [6.45, 7) is 4.46. The lowest BCUT2D eigenvalue weighted by Crippen LogP contribution is -2.48. The van der Waals surface area contributed by atoms with E-state index in [1.807, 2.05) is 24.1 Å². The van der Waals surface area contributed by atoms with Crippen molar-refractivity contribution in [3.8, 4) is 0 Å². The molecular weight excluding hydrogens is 350 g/mol. The minimum absolute atomic E-state index is 0.00902. The third-order valence-electron chi connectivity index (χ3n) is 3.85. The minimum atomic E-state index is -0.267. The summed E-state index contributed by atoms with van der Waals surface area (Å²) in [5, 5.41) is 3.05. The molecule has 1 saturated heterocycles. The molecule has 134 valence electrons. The molecule has 2 heterocycles. The van der Waals surface area contributed by atoms with Crippen molar-refractivity contribution in [2.24, 2.45) is 0 Å². The zero-order chi connectivity index (χ0) is 17.5. The lowest BCUT2D eigenvalue weighted by Gasteiger charge is -2.31. The van der Waals surface area contributed by atoms with Gasteiger partial charge in [-0.2, -0.15) is 0 Å². The normalized spacial score (nSPS) is 15.6. The number of halogens is 1. The fourth-order valence-corrected chi connectivity index (χ4v) is 3.87. The van der Waals surface area contributed by atoms with E-state index in [1.165, 1.54) is 11.3 Å². The quantitative estimate of drug-likeness (QED) is 0.832. The van der Waals surface area contributed by atoms with Gasteiger partial charge in [0.25, 0.3) is 0 Å². The van der Waals surface area contributed by atoms with E-state index in [-0.39, 0.29) is 18.0 Å². The molecule has 1 N–H and O–H groups in total. The molecule has 0 atom stereocenters. The number of carbonyl (C=O) groups is 2. The summed E-state index contributed by atoms with van der Waals surface area (Å²) in [4.78, 5) is 28.6. The Morgan fingerprint density at radius 2 is 2.12 bits per heavy atom. The van der Waals surface area contributed by atoms with Crippen molar-refractivity contribution in [1.82, 2.24) is 15.1 Å². The van der Waals surface area contributed by atoms with Gasteiger partial charge < -0.3 is 15.0 Å². The van der Waals surface area contributed by atoms with Gasteiger partial charge in [-0.15, -0.1) is 11.3 Å². The Bertz CT molecular complexity index is 559. The molecule has 1 aliphatic heterocycles. The van der Waals surface area contributed by atoms with Gasteiger partial charge in [0.1, 0.15) is 0 Å². The van der Waals surface area contributed by atoms with E-state index in [2.05, 4.69) is 5.32 Å². The summed E-state index contributed by atoms with van der Waals surface area (Å²) >= 11 is 7.44. The molecule has 2 amide bonds. The van der Waals surface area contributed by atoms with E-state index in [9.17, 15) is 9.59 Å². The van der Waals surface area contributed by atoms with Gasteiger partial charge in [-0.1, -0.05) is 11.6 Å². The lowest BCUT2D eigenvalue weighted by molar-refractivity contribution is -0.123. The molecule has 1 aromatic heterocycles. The highest BCUT2D eigenvalue weighted by molar-refractivity contribution is 7.16. The standard InChI is InChI=1S/C16H24ClN3O3S/c1-3-23-16(22)20-8-6-12(7-9-20)18-15(21)11-19(2)10-13-4-5-14(17)24-13/h4-5,12H,3,6-11H2,1-2H3,(H,18,21). The van der Waals surface area contributed by atoms with Gasteiger partial charge in [-0.3, -0.25) is 9.69 Å². The topological polar surface area (TPSA) is 61.9 Å². The van der Waals surface area contributed by atoms with Gasteiger partial charge in [-0.05, 0) is 38.9 Å². The summed E-state index contributed by atoms with van der Waals surface area (Å²) in [5.74, 6) is 0.00902. The van der Waals surface area contributed by atoms with Crippen LogP contribution in [0.2, 0.25) is 4.34 Å². The van der Waals surface area contributed by atoms with Crippen LogP contribution in [0.4, 0.5) is 4.79 Å². The lowest BCUT2D eigenvalue weighted by atomic mass is 10.1. The van der Waals surface area contributed by atoms with Gasteiger partial charge in [0.2, 0.25) is 5.91 Å². The number of hydrogen-bond donors (Lipinski definition) is 1. The number of amides is 2. The second-order valence-electron chi connectivity index (χ2n) is 5.91. The Balaban J connectivity index is 1.68. The smallest absolute Gasteiger partial charge is 0.409 e. The Morgan fingerprint density at radius 1 is 1.42 bits per heavy atom. The van der Waals surface area contributed by atoms with Gasteiger partial charge in [0.15, 0.2) is 0 Å². The summed E-state index contributed by atoms with van der Waals surface area (Å²) in [5.41, 5.74) is 0. The van der Waals surface area contributed by atoms with E-state index in [0.29, 0.717) is 32.8 Å². The molecule has 0 saturated carbocycles. The van der Waals surface area contributed by atoms with E-state index in [4.69, 9.17) is 16.3 Å². The molecule has 8 heteroatoms. The van der Waals surface area contributed by atoms with Crippen molar-refractivity contribution >= 4 is 34.9 Å². The van der Waals surface area contributed by atoms with Crippen LogP contribution in [-0.2, 0) is 16.1 Å². The zero-order valence-corrected chi connectivity index (χ0v) is 15.7. The molecular formula is C16H24ClN3O3S. The third kappa shape index (κ3) is 5.96. The second-order valence-corrected chi connectivity index (χ2v) is 7.71. The second kappa shape index (κ2) is 9.25. The number of likely N-dealkylation sites (N-methyl/N-ethyl adjacent to an activating group) is 1. The maximum Gasteiger partial charge on any atom is 0.409 e. The molecule has 0 spiro atoms. The number of nitrogens with one attached hydrogen (secondary N) is 1. The number of hydrogen-bond acceptors (Lipinski definition) is 5. The van der Waals surface area contributed by atoms with Crippen molar-refractivity contribution in [3.63, 3.8) is 0 Å². The van der Waals surface area contributed by atoms with Crippen LogP contribution in [-0.4, -0.2) is 61.1 Å². The zero-order valence-electron chi connectivity index (χ0n) is 14.1. The number of nitrogens with zero attached hydrogens (tertiary/aromatic N) is 2. The number of likely N-dealkylation sites (tertiary alicyclic amines) is 1. The van der Waals surface area contributed by atoms with Crippen LogP contribution in [0.1, 0.15) is 24.6 Å². The Hall–Kier alpha value is -1.31. The van der Waals surface area contributed by atoms with Gasteiger partial charge in [-0.25, -0.2) is 4.79 Å². The van der Waals surface area contributed by atoms with Crippen molar-refractivity contribution in [2.45, 2.75) is 32.4 Å². The Morgan fingerprint density at radius 3 is 2.71 bits per heavy atom. The average molecular weight is 374 g/mol. The van der Waals surface area contributed by atoms with Gasteiger partial charge in [0, 0.05) is 30.6 Å². The fraction of sp³-hybridized carbons (Fsp3) is 0.625. The van der Waals surface area contributed by atoms with E-state index in [1.54, 1.807) is 11.8 Å². The van der Waals surface area contributed by atoms with E-state index in [0.717, 1.165) is 22.1 Å². The SMILES string of the molecule is CCOC(=O)N1CCC(NC(=O)CN(C)Cc2ccc(Cl)s2)CC1. The molecule has 6 nitrogen and oxygen atoms in total. The third-order valence-corrected chi connectivity index (χ3v) is 5.07. The van der Waals surface area contributed by atoms with Gasteiger partial charge >= 0.3 is 6.09 Å². The Labute approximate surface area is 151 Å². The van der Waals surface area contributed by atoms with Crippen LogP contribution in [0.5, 0.6) is 0 Å². The molecule has 24 heavy (non-hydrogen) atoms. The van der Waals surface area contributed by atoms with Crippen molar-refractivity contribution in [2.75, 3.05) is 33.3 Å². The largest absolute Gasteiger partial charge is 0.450 e. The average Bonchev–Trinajstić information content (AvgIpc) is 2.92. The van der Waals surface area contributed by atoms with E-state index < -0.39 is 0 Å². The molecule has 0 aliphatic carbocycles. The van der Waals surface area contributed by atoms with Crippen molar-refractivity contribution < 1.29 is 14.3 Å². The van der Waals surface area contributed by atoms with Crippen molar-refractivity contribution in [1.29, 1.82) is 0 Å². The highest BCUT2D eigenvalue weighted by Crippen LogP contribution is 2.22. The minimum Gasteiger partial charge on any atom is -0.450 e. The Kier molecular flexibility index (Phi) is 7.33. The first-order valence-corrected chi connectivity index (χ1v) is 9.31. The molecule has 1 aliphatic rings. The molecule has 0 radical (unpaired) electrons. The fourth-order valence-electron chi connectivity index (χ4n) is 2.70. The molecule has 1 fully saturated rings. The molecule has 1 aromatic rings. The highest BCUT2D eigenvalue weighted by atomic mass is 35.5. The number of carbonyl (C=O) groups excluding carboxylic acids is 2. The predicted molar refractivity (Wildman–Crippen MR) is 95.4 cm³/mol. The predicted octanol–water partition coefficient (Wildman–Crippen LogP) is 2.57. The summed E-state index contributed by atoms with van der Waals surface area (Å²) < 4.78 is 5.75. The highest BCUT2D eigenvalue weighted by Gasteiger charge is 2.24. The van der Waals surface area contributed by atoms with Crippen molar-refractivity contribution in [3.05, 3.63) is 21.3 Å².